The number of benzene rings is 1. The van der Waals surface area contributed by atoms with Gasteiger partial charge in [0.05, 0.1) is 0 Å². The molecule has 1 atom stereocenters. The molecule has 0 amide bonds. The van der Waals surface area contributed by atoms with Crippen LogP contribution >= 0.6 is 0 Å². The van der Waals surface area contributed by atoms with E-state index in [2.05, 4.69) is 48.5 Å². The maximum Gasteiger partial charge on any atom is 0.191 e. The zero-order valence-electron chi connectivity index (χ0n) is 15.1. The fourth-order valence-corrected chi connectivity index (χ4v) is 2.47. The molecular formula is C18H31FN4. The summed E-state index contributed by atoms with van der Waals surface area (Å²) in [6, 6.07) is 7.34. The van der Waals surface area contributed by atoms with Crippen LogP contribution in [0.2, 0.25) is 0 Å². The van der Waals surface area contributed by atoms with Gasteiger partial charge in [-0.05, 0) is 44.5 Å². The van der Waals surface area contributed by atoms with Gasteiger partial charge in [0.25, 0.3) is 0 Å². The largest absolute Gasteiger partial charge is 0.356 e. The van der Waals surface area contributed by atoms with Crippen LogP contribution < -0.4 is 10.6 Å². The number of guanidine groups is 1. The van der Waals surface area contributed by atoms with E-state index in [-0.39, 0.29) is 5.82 Å². The average Bonchev–Trinajstić information content (AvgIpc) is 2.50. The predicted octanol–water partition coefficient (Wildman–Crippen LogP) is 2.51. The monoisotopic (exact) mass is 322 g/mol. The molecule has 130 valence electrons. The van der Waals surface area contributed by atoms with E-state index in [1.165, 1.54) is 6.07 Å². The quantitative estimate of drug-likeness (QED) is 0.571. The van der Waals surface area contributed by atoms with E-state index in [0.29, 0.717) is 24.9 Å². The van der Waals surface area contributed by atoms with E-state index in [1.807, 2.05) is 12.1 Å². The van der Waals surface area contributed by atoms with Crippen LogP contribution in [0, 0.1) is 11.7 Å². The van der Waals surface area contributed by atoms with E-state index in [4.69, 9.17) is 0 Å². The lowest BCUT2D eigenvalue weighted by Crippen LogP contribution is -2.46. The molecule has 1 aromatic carbocycles. The van der Waals surface area contributed by atoms with Crippen molar-refractivity contribution in [3.8, 4) is 0 Å². The summed E-state index contributed by atoms with van der Waals surface area (Å²) < 4.78 is 13.6. The van der Waals surface area contributed by atoms with Crippen molar-refractivity contribution in [2.75, 3.05) is 34.2 Å². The Labute approximate surface area is 140 Å². The van der Waals surface area contributed by atoms with Crippen molar-refractivity contribution in [2.45, 2.75) is 32.7 Å². The number of likely N-dealkylation sites (N-methyl/N-ethyl adjacent to an activating group) is 1. The van der Waals surface area contributed by atoms with Gasteiger partial charge in [-0.25, -0.2) is 4.39 Å². The zero-order chi connectivity index (χ0) is 17.2. The normalized spacial score (nSPS) is 13.5. The first-order valence-electron chi connectivity index (χ1n) is 8.28. The van der Waals surface area contributed by atoms with Crippen LogP contribution in [0.4, 0.5) is 4.39 Å². The molecule has 0 saturated carbocycles. The highest BCUT2D eigenvalue weighted by atomic mass is 19.1. The summed E-state index contributed by atoms with van der Waals surface area (Å²) in [4.78, 5) is 6.47. The average molecular weight is 322 g/mol. The molecule has 0 aliphatic heterocycles. The molecule has 2 N–H and O–H groups in total. The van der Waals surface area contributed by atoms with Crippen molar-refractivity contribution >= 4 is 5.96 Å². The molecule has 0 saturated heterocycles. The van der Waals surface area contributed by atoms with Crippen molar-refractivity contribution in [1.82, 2.24) is 15.5 Å². The second-order valence-corrected chi connectivity index (χ2v) is 6.47. The fourth-order valence-electron chi connectivity index (χ4n) is 2.47. The first-order chi connectivity index (χ1) is 10.9. The number of nitrogens with zero attached hydrogens (tertiary/aromatic N) is 2. The minimum atomic E-state index is -0.151. The molecule has 0 aliphatic rings. The lowest BCUT2D eigenvalue weighted by molar-refractivity contribution is 0.254. The van der Waals surface area contributed by atoms with Crippen LogP contribution in [0.3, 0.4) is 0 Å². The fraction of sp³-hybridized carbons (Fsp3) is 0.611. The number of halogens is 1. The van der Waals surface area contributed by atoms with Crippen molar-refractivity contribution < 1.29 is 4.39 Å². The Bertz CT molecular complexity index is 486. The van der Waals surface area contributed by atoms with Gasteiger partial charge in [-0.3, -0.25) is 4.99 Å². The molecule has 1 rings (SSSR count). The number of hydrogen-bond donors (Lipinski definition) is 2. The van der Waals surface area contributed by atoms with Crippen LogP contribution in [0.25, 0.3) is 0 Å². The van der Waals surface area contributed by atoms with Gasteiger partial charge >= 0.3 is 0 Å². The Morgan fingerprint density at radius 3 is 2.48 bits per heavy atom. The Hall–Kier alpha value is -1.62. The molecule has 5 heteroatoms. The lowest BCUT2D eigenvalue weighted by Gasteiger charge is -2.27. The molecule has 0 radical (unpaired) electrons. The summed E-state index contributed by atoms with van der Waals surface area (Å²) in [6.07, 6.45) is 1.77. The van der Waals surface area contributed by atoms with Crippen LogP contribution in [0.5, 0.6) is 0 Å². The van der Waals surface area contributed by atoms with Crippen molar-refractivity contribution in [1.29, 1.82) is 0 Å². The molecule has 4 nitrogen and oxygen atoms in total. The van der Waals surface area contributed by atoms with Gasteiger partial charge in [-0.2, -0.15) is 0 Å². The van der Waals surface area contributed by atoms with E-state index >= 15 is 0 Å². The second kappa shape index (κ2) is 10.2. The van der Waals surface area contributed by atoms with Crippen LogP contribution in [0.15, 0.2) is 29.3 Å². The smallest absolute Gasteiger partial charge is 0.191 e. The molecular weight excluding hydrogens is 291 g/mol. The minimum absolute atomic E-state index is 0.151. The summed E-state index contributed by atoms with van der Waals surface area (Å²) in [5.74, 6) is 1.26. The lowest BCUT2D eigenvalue weighted by atomic mass is 10.0. The Morgan fingerprint density at radius 1 is 1.22 bits per heavy atom. The van der Waals surface area contributed by atoms with Gasteiger partial charge in [-0.15, -0.1) is 0 Å². The standard InChI is InChI=1S/C18H31FN4/c1-14(2)12-16(23(4)5)13-22-18(20-3)21-11-10-15-8-6-7-9-17(15)19/h6-9,14,16H,10-13H2,1-5H3,(H2,20,21,22). The SMILES string of the molecule is CN=C(NCCc1ccccc1F)NCC(CC(C)C)N(C)C. The first kappa shape index (κ1) is 19.4. The Morgan fingerprint density at radius 2 is 1.91 bits per heavy atom. The summed E-state index contributed by atoms with van der Waals surface area (Å²) in [7, 11) is 5.96. The van der Waals surface area contributed by atoms with E-state index in [0.717, 1.165) is 24.5 Å². The van der Waals surface area contributed by atoms with Crippen LogP contribution in [-0.2, 0) is 6.42 Å². The highest BCUT2D eigenvalue weighted by molar-refractivity contribution is 5.79. The molecule has 1 unspecified atom stereocenters. The van der Waals surface area contributed by atoms with Gasteiger partial charge < -0.3 is 15.5 Å². The van der Waals surface area contributed by atoms with Crippen LogP contribution in [-0.4, -0.2) is 51.1 Å². The predicted molar refractivity (Wildman–Crippen MR) is 96.4 cm³/mol. The van der Waals surface area contributed by atoms with Crippen LogP contribution in [0.1, 0.15) is 25.8 Å². The summed E-state index contributed by atoms with van der Waals surface area (Å²) in [6.45, 7) is 5.96. The van der Waals surface area contributed by atoms with Gasteiger partial charge in [0.2, 0.25) is 0 Å². The van der Waals surface area contributed by atoms with Crippen molar-refractivity contribution in [2.24, 2.45) is 10.9 Å². The van der Waals surface area contributed by atoms with Gasteiger partial charge in [-0.1, -0.05) is 32.0 Å². The molecule has 23 heavy (non-hydrogen) atoms. The highest BCUT2D eigenvalue weighted by Gasteiger charge is 2.13. The number of nitrogens with one attached hydrogen (secondary N) is 2. The maximum absolute atomic E-state index is 13.6. The zero-order valence-corrected chi connectivity index (χ0v) is 15.1. The third-order valence-electron chi connectivity index (χ3n) is 3.85. The third kappa shape index (κ3) is 7.46. The van der Waals surface area contributed by atoms with E-state index < -0.39 is 0 Å². The topological polar surface area (TPSA) is 39.7 Å². The van der Waals surface area contributed by atoms with Crippen molar-refractivity contribution in [3.05, 3.63) is 35.6 Å². The number of hydrogen-bond acceptors (Lipinski definition) is 2. The molecule has 0 aromatic heterocycles. The molecule has 0 aliphatic carbocycles. The molecule has 0 bridgehead atoms. The minimum Gasteiger partial charge on any atom is -0.356 e. The van der Waals surface area contributed by atoms with Gasteiger partial charge in [0, 0.05) is 26.2 Å². The summed E-state index contributed by atoms with van der Waals surface area (Å²) in [5, 5.41) is 6.61. The van der Waals surface area contributed by atoms with Gasteiger partial charge in [0.1, 0.15) is 5.82 Å². The molecule has 0 spiro atoms. The number of aliphatic imine (C=N–C) groups is 1. The van der Waals surface area contributed by atoms with E-state index in [1.54, 1.807) is 13.1 Å². The Kier molecular flexibility index (Phi) is 8.62. The highest BCUT2D eigenvalue weighted by Crippen LogP contribution is 2.08. The molecule has 0 heterocycles. The molecule has 1 aromatic rings. The van der Waals surface area contributed by atoms with Gasteiger partial charge in [0.15, 0.2) is 5.96 Å². The third-order valence-corrected chi connectivity index (χ3v) is 3.85. The summed E-state index contributed by atoms with van der Waals surface area (Å²) in [5.41, 5.74) is 0.724. The first-order valence-corrected chi connectivity index (χ1v) is 8.28. The van der Waals surface area contributed by atoms with Crippen molar-refractivity contribution in [3.63, 3.8) is 0 Å². The second-order valence-electron chi connectivity index (χ2n) is 6.47. The molecule has 0 fully saturated rings. The van der Waals surface area contributed by atoms with E-state index in [9.17, 15) is 4.39 Å². The maximum atomic E-state index is 13.6. The summed E-state index contributed by atoms with van der Waals surface area (Å²) >= 11 is 0. The number of rotatable bonds is 8. The Balaban J connectivity index is 2.41.